The Balaban J connectivity index is 0.000000247. The standard InChI is InChI=1S/C36H45N5O3S.C32H37N5O3S/c1-8-9-10-11-12-30-40-41-33(45-30)27-22-37-31(38-23-27)25-15-13-24(14-16-25)21-29(34(43)44-36(5,6)7)39-32(42)26-17-19-28(20-18-26)35(2,3)4;1-5-6-7-8-9-27-36-37-30(41-27)24-19-33-28(34-20-24)22-12-10-21(11-13-22)18-26(31(39)40)35-29(38)23-14-16-25(17-15-23)32(2,3)4/h13-20,22-23,29H,8-12,21H2,1-7H3,(H,39,42);10-17,19-20,26H,5-9,18H2,1-4H3,(H,35,38)(H,39,40)/t29-;26-/m00/s1. The smallest absolute Gasteiger partial charge is 0.329 e. The molecule has 2 amide bonds. The van der Waals surface area contributed by atoms with Gasteiger partial charge in [0.05, 0.1) is 0 Å². The molecule has 2 atom stereocenters. The molecule has 0 aliphatic carbocycles. The topological polar surface area (TPSA) is 225 Å². The second-order valence-electron chi connectivity index (χ2n) is 24.6. The number of ether oxygens (including phenoxy) is 1. The third kappa shape index (κ3) is 19.8. The van der Waals surface area contributed by atoms with E-state index in [9.17, 15) is 24.3 Å². The number of benzene rings is 4. The first-order valence-electron chi connectivity index (χ1n) is 29.7. The Bertz CT molecular complexity index is 3460. The number of carboxylic acid groups (broad SMARTS) is 1. The van der Waals surface area contributed by atoms with Crippen molar-refractivity contribution < 1.29 is 29.0 Å². The second kappa shape index (κ2) is 30.4. The van der Waals surface area contributed by atoms with Crippen LogP contribution in [0.15, 0.2) is 122 Å². The van der Waals surface area contributed by atoms with Crippen LogP contribution in [-0.2, 0) is 50.8 Å². The molecule has 0 aliphatic rings. The van der Waals surface area contributed by atoms with Gasteiger partial charge in [0.15, 0.2) is 21.7 Å². The molecule has 4 aromatic carbocycles. The van der Waals surface area contributed by atoms with Crippen molar-refractivity contribution in [2.75, 3.05) is 0 Å². The van der Waals surface area contributed by atoms with Crippen molar-refractivity contribution in [3.8, 4) is 43.9 Å². The van der Waals surface area contributed by atoms with Gasteiger partial charge >= 0.3 is 11.9 Å². The van der Waals surface area contributed by atoms with Gasteiger partial charge in [0.1, 0.15) is 27.7 Å². The SMILES string of the molecule is CCCCCCc1nnc(-c2cnc(-c3ccc(C[C@H](NC(=O)c4ccc(C(C)(C)C)cc4)C(=O)O)cc3)nc2)s1.CCCCCCc1nnc(-c2cnc(-c3ccc(C[C@H](NC(=O)c4ccc(C(C)(C)C)cc4)C(=O)OC(C)(C)C)cc3)nc2)s1. The fourth-order valence-corrected chi connectivity index (χ4v) is 10.8. The Morgan fingerprint density at radius 3 is 1.20 bits per heavy atom. The van der Waals surface area contributed by atoms with E-state index in [4.69, 9.17) is 4.74 Å². The Kier molecular flexibility index (Phi) is 23.2. The number of carboxylic acids is 1. The average Bonchev–Trinajstić information content (AvgIpc) is 4.18. The summed E-state index contributed by atoms with van der Waals surface area (Å²) in [6.07, 6.45) is 19.0. The van der Waals surface area contributed by atoms with Crippen LogP contribution in [0.25, 0.3) is 43.9 Å². The number of aryl methyl sites for hydroxylation is 2. The predicted octanol–water partition coefficient (Wildman–Crippen LogP) is 14.3. The highest BCUT2D eigenvalue weighted by Gasteiger charge is 2.28. The first-order chi connectivity index (χ1) is 41.0. The maximum Gasteiger partial charge on any atom is 0.329 e. The number of amides is 2. The number of esters is 1. The van der Waals surface area contributed by atoms with E-state index in [2.05, 4.69) is 106 Å². The van der Waals surface area contributed by atoms with Crippen LogP contribution in [0.1, 0.15) is 181 Å². The van der Waals surface area contributed by atoms with Crippen molar-refractivity contribution in [1.29, 1.82) is 0 Å². The number of hydrogen-bond acceptors (Lipinski definition) is 15. The molecule has 8 aromatic rings. The molecule has 4 heterocycles. The number of nitrogens with one attached hydrogen (secondary N) is 2. The van der Waals surface area contributed by atoms with Crippen molar-refractivity contribution in [2.24, 2.45) is 0 Å². The summed E-state index contributed by atoms with van der Waals surface area (Å²) >= 11 is 3.17. The number of aliphatic carboxylic acids is 1. The number of aromatic nitrogens is 8. The van der Waals surface area contributed by atoms with E-state index in [0.717, 1.165) is 90.2 Å². The summed E-state index contributed by atoms with van der Waals surface area (Å²) in [5.41, 5.74) is 7.38. The molecular weight excluding hydrogens is 1120 g/mol. The minimum absolute atomic E-state index is 0.0244. The van der Waals surface area contributed by atoms with Crippen LogP contribution in [0.2, 0.25) is 0 Å². The van der Waals surface area contributed by atoms with E-state index in [1.54, 1.807) is 71.7 Å². The van der Waals surface area contributed by atoms with Crippen LogP contribution in [0, 0.1) is 0 Å². The zero-order valence-corrected chi connectivity index (χ0v) is 53.2. The van der Waals surface area contributed by atoms with Crippen LogP contribution in [-0.4, -0.2) is 86.9 Å². The van der Waals surface area contributed by atoms with Gasteiger partial charge in [-0.2, -0.15) is 0 Å². The average molecular weight is 1200 g/mol. The summed E-state index contributed by atoms with van der Waals surface area (Å²) in [5.74, 6) is -1.16. The van der Waals surface area contributed by atoms with E-state index in [1.165, 1.54) is 38.5 Å². The lowest BCUT2D eigenvalue weighted by atomic mass is 9.86. The van der Waals surface area contributed by atoms with Crippen molar-refractivity contribution in [2.45, 2.75) is 182 Å². The van der Waals surface area contributed by atoms with Crippen LogP contribution in [0.3, 0.4) is 0 Å². The lowest BCUT2D eigenvalue weighted by Gasteiger charge is -2.25. The Morgan fingerprint density at radius 2 is 0.849 bits per heavy atom. The van der Waals surface area contributed by atoms with Crippen LogP contribution in [0.4, 0.5) is 0 Å². The quantitative estimate of drug-likeness (QED) is 0.0378. The van der Waals surface area contributed by atoms with E-state index < -0.39 is 35.5 Å². The summed E-state index contributed by atoms with van der Waals surface area (Å²) in [7, 11) is 0. The molecule has 0 saturated heterocycles. The van der Waals surface area contributed by atoms with E-state index in [-0.39, 0.29) is 29.6 Å². The van der Waals surface area contributed by atoms with Crippen molar-refractivity contribution in [3.63, 3.8) is 0 Å². The molecule has 16 nitrogen and oxygen atoms in total. The fourth-order valence-electron chi connectivity index (χ4n) is 9.07. The minimum atomic E-state index is -1.09. The first kappa shape index (κ1) is 65.6. The van der Waals surface area contributed by atoms with E-state index in [1.807, 2.05) is 93.6 Å². The number of rotatable bonds is 24. The lowest BCUT2D eigenvalue weighted by Crippen LogP contribution is -2.45. The number of nitrogens with zero attached hydrogens (tertiary/aromatic N) is 8. The molecule has 0 bridgehead atoms. The van der Waals surface area contributed by atoms with Gasteiger partial charge < -0.3 is 20.5 Å². The highest BCUT2D eigenvalue weighted by Crippen LogP contribution is 2.29. The molecule has 452 valence electrons. The van der Waals surface area contributed by atoms with Crippen LogP contribution >= 0.6 is 22.7 Å². The Labute approximate surface area is 514 Å². The first-order valence-corrected chi connectivity index (χ1v) is 31.4. The van der Waals surface area contributed by atoms with E-state index in [0.29, 0.717) is 22.8 Å². The molecule has 0 saturated carbocycles. The minimum Gasteiger partial charge on any atom is -0.480 e. The summed E-state index contributed by atoms with van der Waals surface area (Å²) in [5, 5.41) is 36.3. The Hall–Kier alpha value is -7.96. The summed E-state index contributed by atoms with van der Waals surface area (Å²) in [4.78, 5) is 69.2. The monoisotopic (exact) mass is 1200 g/mol. The molecule has 4 aromatic heterocycles. The van der Waals surface area contributed by atoms with Gasteiger partial charge in [0.25, 0.3) is 11.8 Å². The highest BCUT2D eigenvalue weighted by molar-refractivity contribution is 7.15. The number of unbranched alkanes of at least 4 members (excludes halogenated alkanes) is 6. The van der Waals surface area contributed by atoms with Gasteiger partial charge in [-0.05, 0) is 91.0 Å². The highest BCUT2D eigenvalue weighted by atomic mass is 32.1. The normalized spacial score (nSPS) is 12.4. The fraction of sp³-hybridized carbons (Fsp3) is 0.412. The van der Waals surface area contributed by atoms with E-state index >= 15 is 0 Å². The third-order valence-electron chi connectivity index (χ3n) is 14.1. The van der Waals surface area contributed by atoms with Crippen molar-refractivity contribution >= 4 is 46.4 Å². The van der Waals surface area contributed by atoms with Gasteiger partial charge in [0.2, 0.25) is 0 Å². The molecule has 18 heteroatoms. The Morgan fingerprint density at radius 1 is 0.477 bits per heavy atom. The molecule has 0 aliphatic heterocycles. The molecule has 0 unspecified atom stereocenters. The van der Waals surface area contributed by atoms with Gasteiger partial charge in [0, 0.05) is 83.9 Å². The molecule has 8 rings (SSSR count). The largest absolute Gasteiger partial charge is 0.480 e. The predicted molar refractivity (Wildman–Crippen MR) is 342 cm³/mol. The zero-order valence-electron chi connectivity index (χ0n) is 51.6. The number of hydrogen-bond donors (Lipinski definition) is 3. The maximum absolute atomic E-state index is 13.2. The number of carbonyl (C=O) groups excluding carboxylic acids is 3. The maximum atomic E-state index is 13.2. The summed E-state index contributed by atoms with van der Waals surface area (Å²) in [6, 6.07) is 27.9. The van der Waals surface area contributed by atoms with Gasteiger partial charge in [-0.25, -0.2) is 29.5 Å². The third-order valence-corrected chi connectivity index (χ3v) is 16.2. The van der Waals surface area contributed by atoms with Crippen molar-refractivity contribution in [1.82, 2.24) is 51.0 Å². The lowest BCUT2D eigenvalue weighted by molar-refractivity contribution is -0.157. The van der Waals surface area contributed by atoms with Crippen molar-refractivity contribution in [3.05, 3.63) is 165 Å². The molecule has 0 radical (unpaired) electrons. The van der Waals surface area contributed by atoms with Gasteiger partial charge in [-0.15, -0.1) is 20.4 Å². The summed E-state index contributed by atoms with van der Waals surface area (Å²) in [6.45, 7) is 22.5. The molecule has 86 heavy (non-hydrogen) atoms. The van der Waals surface area contributed by atoms with Crippen LogP contribution < -0.4 is 10.6 Å². The second-order valence-corrected chi connectivity index (χ2v) is 26.7. The molecular formula is C68H82N10O6S2. The number of carbonyl (C=O) groups is 4. The molecule has 3 N–H and O–H groups in total. The zero-order chi connectivity index (χ0) is 62.0. The van der Waals surface area contributed by atoms with Gasteiger partial charge in [-0.1, -0.05) is 189 Å². The summed E-state index contributed by atoms with van der Waals surface area (Å²) < 4.78 is 5.66. The van der Waals surface area contributed by atoms with Gasteiger partial charge in [-0.3, -0.25) is 9.59 Å². The van der Waals surface area contributed by atoms with Crippen LogP contribution in [0.5, 0.6) is 0 Å². The molecule has 0 spiro atoms. The molecule has 0 fully saturated rings.